The lowest BCUT2D eigenvalue weighted by Gasteiger charge is -2.36. The van der Waals surface area contributed by atoms with Gasteiger partial charge < -0.3 is 9.80 Å². The van der Waals surface area contributed by atoms with Gasteiger partial charge in [-0.25, -0.2) is 19.9 Å². The van der Waals surface area contributed by atoms with Crippen molar-refractivity contribution in [2.45, 2.75) is 6.92 Å². The Balaban J connectivity index is 1.37. The van der Waals surface area contributed by atoms with Crippen molar-refractivity contribution < 1.29 is 0 Å². The average molecular weight is 387 g/mol. The molecule has 5 rings (SSSR count). The highest BCUT2D eigenvalue weighted by Crippen LogP contribution is 2.25. The second-order valence-corrected chi connectivity index (χ2v) is 7.05. The molecule has 0 amide bonds. The molecule has 0 atom stereocenters. The predicted octanol–water partition coefficient (Wildman–Crippen LogP) is 1.85. The highest BCUT2D eigenvalue weighted by atomic mass is 15.3. The largest absolute Gasteiger partial charge is 0.353 e. The average Bonchev–Trinajstić information content (AvgIpc) is 3.15. The zero-order valence-corrected chi connectivity index (χ0v) is 16.4. The SMILES string of the molecule is Cc1nc(-c2ccccn2)cc(N2CCN(c3ncnc4c3cnn4C)CC2)n1. The summed E-state index contributed by atoms with van der Waals surface area (Å²) in [5, 5.41) is 5.30. The molecule has 0 aromatic carbocycles. The highest BCUT2D eigenvalue weighted by Gasteiger charge is 2.22. The van der Waals surface area contributed by atoms with Gasteiger partial charge in [-0.3, -0.25) is 9.67 Å². The molecule has 4 aromatic rings. The van der Waals surface area contributed by atoms with Crippen LogP contribution < -0.4 is 9.80 Å². The number of pyridine rings is 1. The Kier molecular flexibility index (Phi) is 4.27. The van der Waals surface area contributed by atoms with Crippen molar-refractivity contribution in [3.8, 4) is 11.4 Å². The fraction of sp³-hybridized carbons (Fsp3) is 0.300. The lowest BCUT2D eigenvalue weighted by molar-refractivity contribution is 0.641. The summed E-state index contributed by atoms with van der Waals surface area (Å²) in [6.45, 7) is 5.33. The van der Waals surface area contributed by atoms with E-state index in [1.807, 2.05) is 44.4 Å². The van der Waals surface area contributed by atoms with Crippen LogP contribution in [-0.4, -0.2) is 60.9 Å². The molecule has 5 heterocycles. The predicted molar refractivity (Wildman–Crippen MR) is 111 cm³/mol. The minimum atomic E-state index is 0.749. The molecule has 0 N–H and O–H groups in total. The zero-order valence-electron chi connectivity index (χ0n) is 16.4. The summed E-state index contributed by atoms with van der Waals surface area (Å²) < 4.78 is 1.78. The van der Waals surface area contributed by atoms with Crippen molar-refractivity contribution in [2.24, 2.45) is 7.05 Å². The lowest BCUT2D eigenvalue weighted by Crippen LogP contribution is -2.47. The monoisotopic (exact) mass is 387 g/mol. The zero-order chi connectivity index (χ0) is 19.8. The van der Waals surface area contributed by atoms with Crippen LogP contribution in [0.5, 0.6) is 0 Å². The minimum absolute atomic E-state index is 0.749. The van der Waals surface area contributed by atoms with Crippen molar-refractivity contribution >= 4 is 22.7 Å². The number of aromatic nitrogens is 7. The number of nitrogens with zero attached hydrogens (tertiary/aromatic N) is 9. The van der Waals surface area contributed by atoms with E-state index in [0.717, 1.165) is 66.1 Å². The minimum Gasteiger partial charge on any atom is -0.353 e. The third kappa shape index (κ3) is 3.24. The van der Waals surface area contributed by atoms with Crippen molar-refractivity contribution in [1.82, 2.24) is 34.7 Å². The first-order valence-corrected chi connectivity index (χ1v) is 9.59. The molecule has 0 aliphatic carbocycles. The molecule has 1 fully saturated rings. The summed E-state index contributed by atoms with van der Waals surface area (Å²) in [5.41, 5.74) is 2.56. The molecule has 1 aliphatic heterocycles. The van der Waals surface area contributed by atoms with Gasteiger partial charge in [-0.2, -0.15) is 5.10 Å². The van der Waals surface area contributed by atoms with E-state index in [-0.39, 0.29) is 0 Å². The quantitative estimate of drug-likeness (QED) is 0.526. The Hall–Kier alpha value is -3.62. The van der Waals surface area contributed by atoms with Crippen LogP contribution in [0.15, 0.2) is 43.0 Å². The maximum Gasteiger partial charge on any atom is 0.163 e. The second-order valence-electron chi connectivity index (χ2n) is 7.05. The van der Waals surface area contributed by atoms with Gasteiger partial charge >= 0.3 is 0 Å². The van der Waals surface area contributed by atoms with Gasteiger partial charge in [-0.1, -0.05) is 6.07 Å². The number of anilines is 2. The van der Waals surface area contributed by atoms with Gasteiger partial charge in [0.05, 0.1) is 23.0 Å². The van der Waals surface area contributed by atoms with Crippen LogP contribution >= 0.6 is 0 Å². The molecular weight excluding hydrogens is 366 g/mol. The smallest absolute Gasteiger partial charge is 0.163 e. The number of hydrogen-bond acceptors (Lipinski definition) is 8. The first-order chi connectivity index (χ1) is 14.2. The van der Waals surface area contributed by atoms with Gasteiger partial charge in [0, 0.05) is 45.5 Å². The van der Waals surface area contributed by atoms with Gasteiger partial charge in [0.1, 0.15) is 23.8 Å². The van der Waals surface area contributed by atoms with Crippen LogP contribution in [-0.2, 0) is 7.05 Å². The molecule has 9 heteroatoms. The fourth-order valence-electron chi connectivity index (χ4n) is 3.71. The van der Waals surface area contributed by atoms with Crippen LogP contribution in [0.1, 0.15) is 5.82 Å². The van der Waals surface area contributed by atoms with Gasteiger partial charge in [0.25, 0.3) is 0 Å². The Bertz CT molecular complexity index is 1150. The molecule has 29 heavy (non-hydrogen) atoms. The van der Waals surface area contributed by atoms with Crippen LogP contribution in [0.2, 0.25) is 0 Å². The second kappa shape index (κ2) is 7.08. The molecule has 1 aliphatic rings. The Morgan fingerprint density at radius 2 is 1.72 bits per heavy atom. The summed E-state index contributed by atoms with van der Waals surface area (Å²) in [4.78, 5) is 27.1. The Morgan fingerprint density at radius 3 is 2.52 bits per heavy atom. The summed E-state index contributed by atoms with van der Waals surface area (Å²) in [6.07, 6.45) is 5.23. The summed E-state index contributed by atoms with van der Waals surface area (Å²) in [5.74, 6) is 2.63. The highest BCUT2D eigenvalue weighted by molar-refractivity contribution is 5.86. The Labute approximate surface area is 168 Å². The van der Waals surface area contributed by atoms with E-state index in [9.17, 15) is 0 Å². The van der Waals surface area contributed by atoms with Gasteiger partial charge in [0.15, 0.2) is 5.65 Å². The van der Waals surface area contributed by atoms with E-state index in [0.29, 0.717) is 0 Å². The summed E-state index contributed by atoms with van der Waals surface area (Å²) in [6, 6.07) is 7.87. The van der Waals surface area contributed by atoms with E-state index in [4.69, 9.17) is 0 Å². The number of piperazine rings is 1. The molecular formula is C20H21N9. The van der Waals surface area contributed by atoms with Gasteiger partial charge in [-0.15, -0.1) is 0 Å². The third-order valence-electron chi connectivity index (χ3n) is 5.16. The van der Waals surface area contributed by atoms with E-state index in [1.165, 1.54) is 0 Å². The molecule has 1 saturated heterocycles. The normalized spacial score (nSPS) is 14.6. The molecule has 0 radical (unpaired) electrons. The summed E-state index contributed by atoms with van der Waals surface area (Å²) >= 11 is 0. The number of aryl methyl sites for hydroxylation is 2. The van der Waals surface area contributed by atoms with Crippen LogP contribution in [0.4, 0.5) is 11.6 Å². The maximum atomic E-state index is 4.66. The van der Waals surface area contributed by atoms with Crippen molar-refractivity contribution in [3.05, 3.63) is 48.8 Å². The Morgan fingerprint density at radius 1 is 0.897 bits per heavy atom. The van der Waals surface area contributed by atoms with Crippen molar-refractivity contribution in [2.75, 3.05) is 36.0 Å². The standard InChI is InChI=1S/C20H21N9/c1-14-25-17(16-5-3-4-6-21-16)11-18(26-14)28-7-9-29(10-8-28)20-15-12-24-27(2)19(15)22-13-23-20/h3-6,11-13H,7-10H2,1-2H3. The van der Waals surface area contributed by atoms with Crippen LogP contribution in [0.25, 0.3) is 22.4 Å². The van der Waals surface area contributed by atoms with E-state index in [1.54, 1.807) is 17.2 Å². The molecule has 4 aromatic heterocycles. The first-order valence-electron chi connectivity index (χ1n) is 9.59. The van der Waals surface area contributed by atoms with Crippen LogP contribution in [0.3, 0.4) is 0 Å². The van der Waals surface area contributed by atoms with Crippen molar-refractivity contribution in [1.29, 1.82) is 0 Å². The summed E-state index contributed by atoms with van der Waals surface area (Å²) in [7, 11) is 1.90. The molecule has 0 unspecified atom stereocenters. The first kappa shape index (κ1) is 17.5. The topological polar surface area (TPSA) is 88.8 Å². The molecule has 0 saturated carbocycles. The number of fused-ring (bicyclic) bond motifs is 1. The van der Waals surface area contributed by atoms with E-state index >= 15 is 0 Å². The maximum absolute atomic E-state index is 4.66. The van der Waals surface area contributed by atoms with E-state index in [2.05, 4.69) is 39.8 Å². The number of hydrogen-bond donors (Lipinski definition) is 0. The van der Waals surface area contributed by atoms with Crippen LogP contribution in [0, 0.1) is 6.92 Å². The van der Waals surface area contributed by atoms with Crippen molar-refractivity contribution in [3.63, 3.8) is 0 Å². The number of rotatable bonds is 3. The lowest BCUT2D eigenvalue weighted by atomic mass is 10.2. The fourth-order valence-corrected chi connectivity index (χ4v) is 3.71. The molecule has 9 nitrogen and oxygen atoms in total. The molecule has 0 spiro atoms. The van der Waals surface area contributed by atoms with Gasteiger partial charge in [-0.05, 0) is 19.1 Å². The van der Waals surface area contributed by atoms with E-state index < -0.39 is 0 Å². The third-order valence-corrected chi connectivity index (χ3v) is 5.16. The molecule has 146 valence electrons. The molecule has 0 bridgehead atoms. The van der Waals surface area contributed by atoms with Gasteiger partial charge in [0.2, 0.25) is 0 Å².